The number of aromatic nitrogens is 7. The third-order valence-corrected chi connectivity index (χ3v) is 4.97. The van der Waals surface area contributed by atoms with E-state index in [1.807, 2.05) is 17.7 Å². The average molecular weight is 381 g/mol. The molecule has 1 aromatic carbocycles. The van der Waals surface area contributed by atoms with Crippen LogP contribution in [0.25, 0.3) is 22.4 Å². The van der Waals surface area contributed by atoms with E-state index in [-0.39, 0.29) is 0 Å². The summed E-state index contributed by atoms with van der Waals surface area (Å²) in [6, 6.07) is 3.67. The summed E-state index contributed by atoms with van der Waals surface area (Å²) in [5.74, 6) is 1.90. The van der Waals surface area contributed by atoms with Crippen molar-refractivity contribution >= 4 is 22.7 Å². The molecular formula is C17H15N7O2S. The van der Waals surface area contributed by atoms with Gasteiger partial charge < -0.3 is 14.0 Å². The first-order chi connectivity index (χ1) is 13.2. The van der Waals surface area contributed by atoms with E-state index in [1.54, 1.807) is 38.9 Å². The quantitative estimate of drug-likeness (QED) is 0.482. The van der Waals surface area contributed by atoms with E-state index >= 15 is 0 Å². The maximum absolute atomic E-state index is 5.43. The van der Waals surface area contributed by atoms with Crippen LogP contribution in [-0.4, -0.2) is 48.9 Å². The summed E-state index contributed by atoms with van der Waals surface area (Å²) in [5, 5.41) is 10.7. The van der Waals surface area contributed by atoms with Gasteiger partial charge in [0.15, 0.2) is 11.0 Å². The van der Waals surface area contributed by atoms with Gasteiger partial charge in [-0.2, -0.15) is 0 Å². The molecular weight excluding hydrogens is 366 g/mol. The maximum Gasteiger partial charge on any atom is 0.197 e. The van der Waals surface area contributed by atoms with Gasteiger partial charge in [-0.15, -0.1) is 10.2 Å². The molecule has 0 fully saturated rings. The Morgan fingerprint density at radius 2 is 1.89 bits per heavy atom. The van der Waals surface area contributed by atoms with Crippen LogP contribution in [0.2, 0.25) is 0 Å². The summed E-state index contributed by atoms with van der Waals surface area (Å²) >= 11 is 1.38. The smallest absolute Gasteiger partial charge is 0.197 e. The number of fused-ring (bicyclic) bond motifs is 1. The first-order valence-electron chi connectivity index (χ1n) is 7.91. The summed E-state index contributed by atoms with van der Waals surface area (Å²) in [6.07, 6.45) is 6.38. The molecule has 0 N–H and O–H groups in total. The van der Waals surface area contributed by atoms with Gasteiger partial charge in [-0.25, -0.2) is 15.0 Å². The molecule has 0 saturated heterocycles. The molecule has 0 unspecified atom stereocenters. The van der Waals surface area contributed by atoms with Crippen molar-refractivity contribution in [2.75, 3.05) is 14.2 Å². The van der Waals surface area contributed by atoms with Gasteiger partial charge in [-0.1, -0.05) is 0 Å². The van der Waals surface area contributed by atoms with E-state index in [4.69, 9.17) is 9.47 Å². The van der Waals surface area contributed by atoms with E-state index in [2.05, 4.69) is 30.1 Å². The molecule has 0 atom stereocenters. The van der Waals surface area contributed by atoms with E-state index in [0.29, 0.717) is 33.7 Å². The molecule has 0 aliphatic rings. The van der Waals surface area contributed by atoms with Crippen LogP contribution in [0.15, 0.2) is 47.2 Å². The maximum atomic E-state index is 5.43. The Balaban J connectivity index is 1.77. The second kappa shape index (κ2) is 7.16. The van der Waals surface area contributed by atoms with Crippen LogP contribution in [0, 0.1) is 0 Å². The lowest BCUT2D eigenvalue weighted by Gasteiger charge is -2.10. The Kier molecular flexibility index (Phi) is 4.55. The Hall–Kier alpha value is -3.27. The average Bonchev–Trinajstić information content (AvgIpc) is 3.08. The molecule has 0 radical (unpaired) electrons. The van der Waals surface area contributed by atoms with Gasteiger partial charge in [-0.3, -0.25) is 4.98 Å². The van der Waals surface area contributed by atoms with Gasteiger partial charge in [0.2, 0.25) is 0 Å². The van der Waals surface area contributed by atoms with Gasteiger partial charge in [-0.05, 0) is 17.8 Å². The monoisotopic (exact) mass is 381 g/mol. The van der Waals surface area contributed by atoms with Crippen molar-refractivity contribution in [2.45, 2.75) is 10.2 Å². The molecule has 0 bridgehead atoms. The van der Waals surface area contributed by atoms with Gasteiger partial charge >= 0.3 is 0 Å². The number of nitrogens with zero attached hydrogens (tertiary/aromatic N) is 7. The fourth-order valence-electron chi connectivity index (χ4n) is 2.57. The zero-order chi connectivity index (χ0) is 18.8. The fraction of sp³-hybridized carbons (Fsp3) is 0.176. The standard InChI is InChI=1S/C17H15N7O2S/c1-24-15(12-8-18-4-5-19-12)22-23-17(24)27-16-11-6-10(25-2)7-13(26-3)14(11)20-9-21-16/h4-9H,1-3H3. The van der Waals surface area contributed by atoms with Crippen molar-refractivity contribution in [2.24, 2.45) is 7.05 Å². The lowest BCUT2D eigenvalue weighted by molar-refractivity contribution is 0.397. The summed E-state index contributed by atoms with van der Waals surface area (Å²) in [6.45, 7) is 0. The molecule has 4 rings (SSSR count). The first kappa shape index (κ1) is 17.2. The predicted octanol–water partition coefficient (Wildman–Crippen LogP) is 2.38. The lowest BCUT2D eigenvalue weighted by atomic mass is 10.2. The Morgan fingerprint density at radius 1 is 1.00 bits per heavy atom. The molecule has 0 aliphatic heterocycles. The molecule has 3 aromatic heterocycles. The van der Waals surface area contributed by atoms with Crippen LogP contribution in [0.1, 0.15) is 0 Å². The zero-order valence-corrected chi connectivity index (χ0v) is 15.6. The van der Waals surface area contributed by atoms with E-state index in [0.717, 1.165) is 10.4 Å². The minimum atomic E-state index is 0.617. The van der Waals surface area contributed by atoms with Gasteiger partial charge in [0.05, 0.1) is 20.4 Å². The Morgan fingerprint density at radius 3 is 2.63 bits per heavy atom. The van der Waals surface area contributed by atoms with Crippen LogP contribution in [0.5, 0.6) is 11.5 Å². The van der Waals surface area contributed by atoms with Crippen LogP contribution in [0.3, 0.4) is 0 Å². The minimum Gasteiger partial charge on any atom is -0.497 e. The molecule has 0 saturated carbocycles. The molecule has 3 heterocycles. The molecule has 0 aliphatic carbocycles. The molecule has 27 heavy (non-hydrogen) atoms. The third kappa shape index (κ3) is 3.14. The summed E-state index contributed by atoms with van der Waals surface area (Å²) in [7, 11) is 5.07. The van der Waals surface area contributed by atoms with E-state index in [9.17, 15) is 0 Å². The highest BCUT2D eigenvalue weighted by Crippen LogP contribution is 2.36. The number of rotatable bonds is 5. The van der Waals surface area contributed by atoms with Gasteiger partial charge in [0, 0.05) is 30.9 Å². The lowest BCUT2D eigenvalue weighted by Crippen LogP contribution is -1.98. The highest BCUT2D eigenvalue weighted by molar-refractivity contribution is 7.99. The van der Waals surface area contributed by atoms with E-state index < -0.39 is 0 Å². The van der Waals surface area contributed by atoms with E-state index in [1.165, 1.54) is 18.1 Å². The first-order valence-corrected chi connectivity index (χ1v) is 8.73. The second-order valence-corrected chi connectivity index (χ2v) is 6.42. The zero-order valence-electron chi connectivity index (χ0n) is 14.8. The number of hydrogen-bond acceptors (Lipinski definition) is 9. The molecule has 136 valence electrons. The summed E-state index contributed by atoms with van der Waals surface area (Å²) in [4.78, 5) is 17.1. The molecule has 9 nitrogen and oxygen atoms in total. The van der Waals surface area contributed by atoms with Crippen LogP contribution in [-0.2, 0) is 7.05 Å². The molecule has 0 spiro atoms. The largest absolute Gasteiger partial charge is 0.497 e. The minimum absolute atomic E-state index is 0.617. The predicted molar refractivity (Wildman–Crippen MR) is 98.8 cm³/mol. The van der Waals surface area contributed by atoms with Crippen LogP contribution in [0.4, 0.5) is 0 Å². The topological polar surface area (TPSA) is 101 Å². The third-order valence-electron chi connectivity index (χ3n) is 3.91. The molecule has 0 amide bonds. The molecule has 4 aromatic rings. The van der Waals surface area contributed by atoms with Crippen molar-refractivity contribution in [3.8, 4) is 23.0 Å². The highest BCUT2D eigenvalue weighted by atomic mass is 32.2. The number of methoxy groups -OCH3 is 2. The van der Waals surface area contributed by atoms with Crippen LogP contribution < -0.4 is 9.47 Å². The SMILES string of the molecule is COc1cc(OC)c2ncnc(Sc3nnc(-c4cnccn4)n3C)c2c1. The van der Waals surface area contributed by atoms with Crippen molar-refractivity contribution < 1.29 is 9.47 Å². The normalized spacial score (nSPS) is 10.9. The van der Waals surface area contributed by atoms with Crippen molar-refractivity contribution in [1.29, 1.82) is 0 Å². The van der Waals surface area contributed by atoms with Crippen LogP contribution >= 0.6 is 11.8 Å². The van der Waals surface area contributed by atoms with Crippen molar-refractivity contribution in [1.82, 2.24) is 34.7 Å². The van der Waals surface area contributed by atoms with Gasteiger partial charge in [0.25, 0.3) is 0 Å². The Bertz CT molecular complexity index is 1100. The Labute approximate surface area is 158 Å². The number of hydrogen-bond donors (Lipinski definition) is 0. The second-order valence-electron chi connectivity index (χ2n) is 5.46. The molecule has 10 heteroatoms. The number of ether oxygens (including phenoxy) is 2. The van der Waals surface area contributed by atoms with Crippen molar-refractivity contribution in [3.63, 3.8) is 0 Å². The highest BCUT2D eigenvalue weighted by Gasteiger charge is 2.17. The summed E-state index contributed by atoms with van der Waals surface area (Å²) < 4.78 is 12.6. The van der Waals surface area contributed by atoms with Crippen molar-refractivity contribution in [3.05, 3.63) is 37.1 Å². The number of benzene rings is 1. The summed E-state index contributed by atoms with van der Waals surface area (Å²) in [5.41, 5.74) is 1.35. The fourth-order valence-corrected chi connectivity index (χ4v) is 3.41. The van der Waals surface area contributed by atoms with Gasteiger partial charge in [0.1, 0.15) is 34.1 Å².